The van der Waals surface area contributed by atoms with E-state index in [1.54, 1.807) is 13.8 Å². The molecule has 9 heteroatoms. The van der Waals surface area contributed by atoms with Crippen LogP contribution in [0.5, 0.6) is 0 Å². The van der Waals surface area contributed by atoms with E-state index in [9.17, 15) is 19.2 Å². The second kappa shape index (κ2) is 10.6. The predicted molar refractivity (Wildman–Crippen MR) is 120 cm³/mol. The van der Waals surface area contributed by atoms with E-state index in [2.05, 4.69) is 16.0 Å². The summed E-state index contributed by atoms with van der Waals surface area (Å²) in [5.41, 5.74) is 4.39. The number of benzene rings is 2. The molecule has 2 aromatic rings. The summed E-state index contributed by atoms with van der Waals surface area (Å²) in [7, 11) is 0. The first kappa shape index (κ1) is 23.8. The fraction of sp³-hybridized carbons (Fsp3) is 0.333. The van der Waals surface area contributed by atoms with Crippen molar-refractivity contribution >= 4 is 23.9 Å². The second-order valence-electron chi connectivity index (χ2n) is 8.08. The summed E-state index contributed by atoms with van der Waals surface area (Å²) < 4.78 is 5.38. The number of carboxylic acids is 1. The van der Waals surface area contributed by atoms with Gasteiger partial charge in [-0.15, -0.1) is 0 Å². The number of carboxylic acid groups (broad SMARTS) is 1. The summed E-state index contributed by atoms with van der Waals surface area (Å²) in [6.07, 6.45) is -0.747. The summed E-state index contributed by atoms with van der Waals surface area (Å²) >= 11 is 0. The number of ether oxygens (including phenoxy) is 1. The first-order chi connectivity index (χ1) is 15.8. The van der Waals surface area contributed by atoms with Gasteiger partial charge in [-0.2, -0.15) is 0 Å². The standard InChI is InChI=1S/C24H27N3O6/c1-14(2)22(23(31)25-12-21(29)30)27-20(28)11-26-24(32)33-13-19-17-9-5-3-7-15(17)16-8-4-6-10-18(16)19/h3-10,14,19,22H,11-13H2,1-2H3,(H,25,31)(H,26,32)(H,27,28)(H,29,30). The molecule has 4 N–H and O–H groups in total. The van der Waals surface area contributed by atoms with Gasteiger partial charge in [-0.3, -0.25) is 14.4 Å². The van der Waals surface area contributed by atoms with Gasteiger partial charge in [-0.1, -0.05) is 62.4 Å². The van der Waals surface area contributed by atoms with Crippen molar-refractivity contribution in [1.82, 2.24) is 16.0 Å². The van der Waals surface area contributed by atoms with E-state index in [0.29, 0.717) is 0 Å². The molecule has 2 aromatic carbocycles. The average molecular weight is 453 g/mol. The molecule has 3 amide bonds. The number of hydrogen-bond donors (Lipinski definition) is 4. The molecule has 33 heavy (non-hydrogen) atoms. The minimum Gasteiger partial charge on any atom is -0.480 e. The van der Waals surface area contributed by atoms with Gasteiger partial charge in [0, 0.05) is 5.92 Å². The maximum Gasteiger partial charge on any atom is 0.407 e. The predicted octanol–water partition coefficient (Wildman–Crippen LogP) is 1.87. The van der Waals surface area contributed by atoms with Gasteiger partial charge in [0.1, 0.15) is 25.7 Å². The maximum atomic E-state index is 12.2. The van der Waals surface area contributed by atoms with Gasteiger partial charge >= 0.3 is 12.1 Å². The zero-order valence-electron chi connectivity index (χ0n) is 18.5. The van der Waals surface area contributed by atoms with Crippen LogP contribution in [0.15, 0.2) is 48.5 Å². The van der Waals surface area contributed by atoms with Crippen molar-refractivity contribution in [2.45, 2.75) is 25.8 Å². The highest BCUT2D eigenvalue weighted by molar-refractivity contribution is 5.91. The second-order valence-corrected chi connectivity index (χ2v) is 8.08. The molecule has 1 unspecified atom stereocenters. The zero-order chi connectivity index (χ0) is 24.0. The Kier molecular flexibility index (Phi) is 7.66. The molecule has 0 bridgehead atoms. The van der Waals surface area contributed by atoms with E-state index in [4.69, 9.17) is 9.84 Å². The van der Waals surface area contributed by atoms with E-state index >= 15 is 0 Å². The number of carbonyl (C=O) groups excluding carboxylic acids is 3. The molecular formula is C24H27N3O6. The third-order valence-electron chi connectivity index (χ3n) is 5.42. The van der Waals surface area contributed by atoms with Crippen LogP contribution in [0.4, 0.5) is 4.79 Å². The molecule has 0 aliphatic heterocycles. The van der Waals surface area contributed by atoms with Crippen LogP contribution in [0.25, 0.3) is 11.1 Å². The van der Waals surface area contributed by atoms with Crippen molar-refractivity contribution in [1.29, 1.82) is 0 Å². The van der Waals surface area contributed by atoms with Gasteiger partial charge in [0.2, 0.25) is 11.8 Å². The Labute approximate surface area is 191 Å². The highest BCUT2D eigenvalue weighted by Gasteiger charge is 2.29. The summed E-state index contributed by atoms with van der Waals surface area (Å²) in [5.74, 6) is -2.76. The largest absolute Gasteiger partial charge is 0.480 e. The lowest BCUT2D eigenvalue weighted by molar-refractivity contribution is -0.138. The summed E-state index contributed by atoms with van der Waals surface area (Å²) in [6, 6.07) is 15.0. The Morgan fingerprint density at radius 2 is 1.48 bits per heavy atom. The fourth-order valence-electron chi connectivity index (χ4n) is 3.83. The van der Waals surface area contributed by atoms with E-state index in [1.165, 1.54) is 0 Å². The average Bonchev–Trinajstić information content (AvgIpc) is 3.11. The number of carbonyl (C=O) groups is 4. The minimum absolute atomic E-state index is 0.0970. The number of amides is 3. The third-order valence-corrected chi connectivity index (χ3v) is 5.42. The highest BCUT2D eigenvalue weighted by Crippen LogP contribution is 2.44. The molecule has 1 aliphatic carbocycles. The van der Waals surface area contributed by atoms with Crippen molar-refractivity contribution in [3.05, 3.63) is 59.7 Å². The van der Waals surface area contributed by atoms with Crippen LogP contribution in [0.1, 0.15) is 30.9 Å². The lowest BCUT2D eigenvalue weighted by atomic mass is 9.98. The molecule has 9 nitrogen and oxygen atoms in total. The molecule has 0 radical (unpaired) electrons. The van der Waals surface area contributed by atoms with Gasteiger partial charge in [-0.25, -0.2) is 4.79 Å². The number of alkyl carbamates (subject to hydrolysis) is 1. The van der Waals surface area contributed by atoms with Crippen LogP contribution >= 0.6 is 0 Å². The van der Waals surface area contributed by atoms with Crippen molar-refractivity contribution in [3.63, 3.8) is 0 Å². The van der Waals surface area contributed by atoms with E-state index < -0.39 is 36.5 Å². The number of nitrogens with one attached hydrogen (secondary N) is 3. The highest BCUT2D eigenvalue weighted by atomic mass is 16.5. The quantitative estimate of drug-likeness (QED) is 0.458. The molecule has 3 rings (SSSR count). The van der Waals surface area contributed by atoms with Crippen molar-refractivity contribution in [2.24, 2.45) is 5.92 Å². The third kappa shape index (κ3) is 5.88. The molecule has 1 atom stereocenters. The van der Waals surface area contributed by atoms with Crippen molar-refractivity contribution in [3.8, 4) is 11.1 Å². The van der Waals surface area contributed by atoms with Crippen LogP contribution in [-0.4, -0.2) is 54.7 Å². The van der Waals surface area contributed by atoms with Crippen molar-refractivity contribution in [2.75, 3.05) is 19.7 Å². The monoisotopic (exact) mass is 453 g/mol. The normalized spacial score (nSPS) is 12.9. The Morgan fingerprint density at radius 1 is 0.909 bits per heavy atom. The lowest BCUT2D eigenvalue weighted by Gasteiger charge is -2.21. The Balaban J connectivity index is 1.51. The van der Waals surface area contributed by atoms with E-state index in [1.807, 2.05) is 48.5 Å². The van der Waals surface area contributed by atoms with Crippen LogP contribution in [0.3, 0.4) is 0 Å². The smallest absolute Gasteiger partial charge is 0.407 e. The molecular weight excluding hydrogens is 426 g/mol. The first-order valence-corrected chi connectivity index (χ1v) is 10.7. The topological polar surface area (TPSA) is 134 Å². The van der Waals surface area contributed by atoms with Gasteiger partial charge in [0.05, 0.1) is 0 Å². The van der Waals surface area contributed by atoms with Crippen LogP contribution < -0.4 is 16.0 Å². The molecule has 0 aromatic heterocycles. The number of fused-ring (bicyclic) bond motifs is 3. The number of rotatable bonds is 9. The molecule has 0 saturated carbocycles. The van der Waals surface area contributed by atoms with Gasteiger partial charge in [0.15, 0.2) is 0 Å². The Morgan fingerprint density at radius 3 is 2.03 bits per heavy atom. The Hall–Kier alpha value is -3.88. The van der Waals surface area contributed by atoms with Crippen LogP contribution in [0.2, 0.25) is 0 Å². The lowest BCUT2D eigenvalue weighted by Crippen LogP contribution is -2.52. The maximum absolute atomic E-state index is 12.2. The summed E-state index contributed by atoms with van der Waals surface area (Å²) in [4.78, 5) is 47.2. The molecule has 0 spiro atoms. The molecule has 174 valence electrons. The van der Waals surface area contributed by atoms with Crippen molar-refractivity contribution < 1.29 is 29.0 Å². The van der Waals surface area contributed by atoms with E-state index in [0.717, 1.165) is 22.3 Å². The van der Waals surface area contributed by atoms with Gasteiger partial charge in [-0.05, 0) is 28.2 Å². The zero-order valence-corrected chi connectivity index (χ0v) is 18.5. The summed E-state index contributed by atoms with van der Waals surface area (Å²) in [5, 5.41) is 15.8. The SMILES string of the molecule is CC(C)C(NC(=O)CNC(=O)OCC1c2ccccc2-c2ccccc21)C(=O)NCC(=O)O. The van der Waals surface area contributed by atoms with Crippen LogP contribution in [-0.2, 0) is 19.1 Å². The molecule has 0 fully saturated rings. The van der Waals surface area contributed by atoms with Gasteiger partial charge in [0.25, 0.3) is 0 Å². The fourth-order valence-corrected chi connectivity index (χ4v) is 3.83. The first-order valence-electron chi connectivity index (χ1n) is 10.7. The summed E-state index contributed by atoms with van der Waals surface area (Å²) in [6.45, 7) is 2.62. The Bertz CT molecular complexity index is 1010. The van der Waals surface area contributed by atoms with E-state index in [-0.39, 0.29) is 25.0 Å². The molecule has 0 heterocycles. The number of aliphatic carboxylic acids is 1. The number of hydrogen-bond acceptors (Lipinski definition) is 5. The molecule has 1 aliphatic rings. The molecule has 0 saturated heterocycles. The van der Waals surface area contributed by atoms with Crippen LogP contribution in [0, 0.1) is 5.92 Å². The van der Waals surface area contributed by atoms with Gasteiger partial charge < -0.3 is 25.8 Å². The minimum atomic E-state index is -1.19.